The molecule has 0 aliphatic carbocycles. The van der Waals surface area contributed by atoms with Crippen molar-refractivity contribution >= 4 is 65.9 Å². The summed E-state index contributed by atoms with van der Waals surface area (Å²) in [4.78, 5) is 10.4. The molecule has 2 heterocycles. The first kappa shape index (κ1) is 31.4. The SMILES string of the molecule is c1ccc(C2=NC(c3ccc(-c4c(-c5cccc6ccccc56)ccc5oc6cc7ccccc7cc6c45)cc3)[NH2+]C(c3cccc4ccccc34)=N2)cc1. The summed E-state index contributed by atoms with van der Waals surface area (Å²) in [6.07, 6.45) is -0.217. The highest BCUT2D eigenvalue weighted by Gasteiger charge is 2.27. The highest BCUT2D eigenvalue weighted by atomic mass is 16.3. The van der Waals surface area contributed by atoms with Gasteiger partial charge < -0.3 is 4.42 Å². The molecule has 1 atom stereocenters. The maximum atomic E-state index is 6.62. The van der Waals surface area contributed by atoms with Crippen molar-refractivity contribution in [2.75, 3.05) is 0 Å². The van der Waals surface area contributed by atoms with Gasteiger partial charge in [-0.2, -0.15) is 4.99 Å². The minimum atomic E-state index is -0.217. The molecule has 4 heteroatoms. The lowest BCUT2D eigenvalue weighted by atomic mass is 9.88. The maximum absolute atomic E-state index is 6.62. The molecule has 258 valence electrons. The van der Waals surface area contributed by atoms with Gasteiger partial charge in [0.1, 0.15) is 11.2 Å². The largest absolute Gasteiger partial charge is 0.456 e. The Hall–Kier alpha value is -7.14. The van der Waals surface area contributed by atoms with Crippen LogP contribution in [-0.2, 0) is 0 Å². The van der Waals surface area contributed by atoms with E-state index >= 15 is 0 Å². The van der Waals surface area contributed by atoms with Gasteiger partial charge in [-0.1, -0.05) is 158 Å². The molecule has 2 N–H and O–H groups in total. The van der Waals surface area contributed by atoms with Crippen molar-refractivity contribution in [3.8, 4) is 22.3 Å². The fourth-order valence-electron chi connectivity index (χ4n) is 8.38. The lowest BCUT2D eigenvalue weighted by molar-refractivity contribution is -0.586. The lowest BCUT2D eigenvalue weighted by Crippen LogP contribution is -2.90. The van der Waals surface area contributed by atoms with Crippen LogP contribution in [0.1, 0.15) is 22.9 Å². The second-order valence-corrected chi connectivity index (χ2v) is 14.3. The van der Waals surface area contributed by atoms with E-state index in [9.17, 15) is 0 Å². The van der Waals surface area contributed by atoms with E-state index in [1.165, 1.54) is 43.4 Å². The zero-order valence-corrected chi connectivity index (χ0v) is 29.9. The Morgan fingerprint density at radius 1 is 0.436 bits per heavy atom. The Bertz CT molecular complexity index is 3160. The molecule has 1 unspecified atom stereocenters. The van der Waals surface area contributed by atoms with E-state index in [1.54, 1.807) is 0 Å². The Morgan fingerprint density at radius 3 is 1.80 bits per heavy atom. The second kappa shape index (κ2) is 12.8. The van der Waals surface area contributed by atoms with Crippen molar-refractivity contribution in [1.82, 2.24) is 0 Å². The number of aliphatic imine (C=N–C) groups is 2. The third-order valence-corrected chi connectivity index (χ3v) is 11.0. The molecule has 0 spiro atoms. The minimum absolute atomic E-state index is 0.217. The standard InChI is InChI=1S/C51H33N3O/c1-2-14-35(15-3-1)49-52-50(54-51(53-49)43-23-11-19-33-13-7-9-21-40(33)43)36-26-24-34(25-27-36)47-42(41-22-10-18-32-12-6-8-20-39(32)41)28-29-45-48(47)44-30-37-16-4-5-17-38(37)31-46(44)55-45/h1-31,50H,(H,52,53,54)/p+1. The van der Waals surface area contributed by atoms with Crippen LogP contribution >= 0.6 is 0 Å². The van der Waals surface area contributed by atoms with Gasteiger partial charge in [-0.3, -0.25) is 5.32 Å². The highest BCUT2D eigenvalue weighted by Crippen LogP contribution is 2.45. The number of amidine groups is 2. The van der Waals surface area contributed by atoms with E-state index < -0.39 is 0 Å². The van der Waals surface area contributed by atoms with Gasteiger partial charge in [0.2, 0.25) is 12.0 Å². The number of benzene rings is 9. The van der Waals surface area contributed by atoms with Crippen molar-refractivity contribution in [3.05, 3.63) is 205 Å². The van der Waals surface area contributed by atoms with Crippen LogP contribution in [0, 0.1) is 0 Å². The summed E-state index contributed by atoms with van der Waals surface area (Å²) < 4.78 is 6.62. The molecule has 0 saturated carbocycles. The fourth-order valence-corrected chi connectivity index (χ4v) is 8.38. The normalized spacial score (nSPS) is 14.5. The summed E-state index contributed by atoms with van der Waals surface area (Å²) in [5.74, 6) is 1.67. The maximum Gasteiger partial charge on any atom is 0.236 e. The van der Waals surface area contributed by atoms with Crippen molar-refractivity contribution in [2.45, 2.75) is 6.17 Å². The van der Waals surface area contributed by atoms with Crippen LogP contribution in [-0.4, -0.2) is 11.7 Å². The van der Waals surface area contributed by atoms with Crippen LogP contribution in [0.15, 0.2) is 202 Å². The summed E-state index contributed by atoms with van der Waals surface area (Å²) in [5.41, 5.74) is 9.63. The van der Waals surface area contributed by atoms with E-state index in [1.807, 2.05) is 18.2 Å². The summed E-state index contributed by atoms with van der Waals surface area (Å²) in [6, 6.07) is 66.8. The Kier molecular flexibility index (Phi) is 7.29. The van der Waals surface area contributed by atoms with Gasteiger partial charge in [0.05, 0.1) is 5.56 Å². The van der Waals surface area contributed by atoms with Crippen molar-refractivity contribution < 1.29 is 9.73 Å². The Morgan fingerprint density at radius 2 is 1.05 bits per heavy atom. The van der Waals surface area contributed by atoms with Gasteiger partial charge in [0.25, 0.3) is 0 Å². The van der Waals surface area contributed by atoms with Crippen LogP contribution in [0.4, 0.5) is 0 Å². The highest BCUT2D eigenvalue weighted by molar-refractivity contribution is 6.19. The van der Waals surface area contributed by atoms with E-state index in [0.717, 1.165) is 61.4 Å². The molecule has 1 aromatic heterocycles. The van der Waals surface area contributed by atoms with Gasteiger partial charge in [-0.05, 0) is 79.3 Å². The minimum Gasteiger partial charge on any atom is -0.456 e. The topological polar surface area (TPSA) is 54.5 Å². The molecule has 0 saturated heterocycles. The first-order valence-corrected chi connectivity index (χ1v) is 18.8. The number of nitrogens with two attached hydrogens (primary N) is 1. The summed E-state index contributed by atoms with van der Waals surface area (Å²) in [6.45, 7) is 0. The number of hydrogen-bond acceptors (Lipinski definition) is 3. The van der Waals surface area contributed by atoms with Crippen LogP contribution < -0.4 is 5.32 Å². The van der Waals surface area contributed by atoms with Crippen molar-refractivity contribution in [2.24, 2.45) is 9.98 Å². The number of fused-ring (bicyclic) bond motifs is 6. The molecule has 1 aliphatic heterocycles. The summed E-state index contributed by atoms with van der Waals surface area (Å²) in [7, 11) is 0. The van der Waals surface area contributed by atoms with Crippen molar-refractivity contribution in [1.29, 1.82) is 0 Å². The van der Waals surface area contributed by atoms with Crippen LogP contribution in [0.2, 0.25) is 0 Å². The number of rotatable bonds is 5. The smallest absolute Gasteiger partial charge is 0.236 e. The summed E-state index contributed by atoms with van der Waals surface area (Å²) in [5, 5.41) is 11.6. The lowest BCUT2D eigenvalue weighted by Gasteiger charge is -2.20. The van der Waals surface area contributed by atoms with Gasteiger partial charge in [0.15, 0.2) is 5.84 Å². The van der Waals surface area contributed by atoms with Gasteiger partial charge >= 0.3 is 0 Å². The molecule has 0 fully saturated rings. The van der Waals surface area contributed by atoms with Crippen LogP contribution in [0.3, 0.4) is 0 Å². The molecular formula is C51H34N3O+. The molecule has 0 radical (unpaired) electrons. The first-order valence-electron chi connectivity index (χ1n) is 18.8. The van der Waals surface area contributed by atoms with Crippen molar-refractivity contribution in [3.63, 3.8) is 0 Å². The Labute approximate surface area is 317 Å². The molecule has 10 aromatic rings. The molecular weight excluding hydrogens is 671 g/mol. The molecule has 0 amide bonds. The molecule has 11 rings (SSSR count). The zero-order chi connectivity index (χ0) is 36.3. The van der Waals surface area contributed by atoms with Gasteiger partial charge in [-0.25, -0.2) is 4.99 Å². The fraction of sp³-hybridized carbons (Fsp3) is 0.0196. The van der Waals surface area contributed by atoms with Crippen LogP contribution in [0.25, 0.3) is 76.5 Å². The molecule has 4 nitrogen and oxygen atoms in total. The quantitative estimate of drug-likeness (QED) is 0.190. The van der Waals surface area contributed by atoms with Crippen LogP contribution in [0.5, 0.6) is 0 Å². The summed E-state index contributed by atoms with van der Waals surface area (Å²) >= 11 is 0. The van der Waals surface area contributed by atoms with E-state index in [2.05, 4.69) is 175 Å². The third kappa shape index (κ3) is 5.34. The first-order chi connectivity index (χ1) is 27.2. The molecule has 1 aliphatic rings. The van der Waals surface area contributed by atoms with E-state index in [4.69, 9.17) is 14.4 Å². The van der Waals surface area contributed by atoms with E-state index in [-0.39, 0.29) is 6.17 Å². The predicted molar refractivity (Wildman–Crippen MR) is 228 cm³/mol. The van der Waals surface area contributed by atoms with Gasteiger partial charge in [-0.15, -0.1) is 0 Å². The molecule has 0 bridgehead atoms. The number of hydrogen-bond donors (Lipinski definition) is 1. The number of nitrogens with zero attached hydrogens (tertiary/aromatic N) is 2. The molecule has 55 heavy (non-hydrogen) atoms. The van der Waals surface area contributed by atoms with E-state index in [0.29, 0.717) is 0 Å². The predicted octanol–water partition coefficient (Wildman–Crippen LogP) is 11.8. The number of quaternary nitrogens is 1. The zero-order valence-electron chi connectivity index (χ0n) is 29.9. The number of furan rings is 1. The monoisotopic (exact) mass is 704 g/mol. The molecule has 9 aromatic carbocycles. The third-order valence-electron chi connectivity index (χ3n) is 11.0. The second-order valence-electron chi connectivity index (χ2n) is 14.3. The average Bonchev–Trinajstić information content (AvgIpc) is 3.62. The average molecular weight is 705 g/mol. The van der Waals surface area contributed by atoms with Gasteiger partial charge in [0, 0.05) is 27.5 Å². The Balaban J connectivity index is 1.09.